The third-order valence-electron chi connectivity index (χ3n) is 2.12. The van der Waals surface area contributed by atoms with Crippen LogP contribution in [0.3, 0.4) is 0 Å². The summed E-state index contributed by atoms with van der Waals surface area (Å²) in [5, 5.41) is 13.3. The molecule has 2 amide bonds. The van der Waals surface area contributed by atoms with Gasteiger partial charge in [0.2, 0.25) is 0 Å². The number of ether oxygens (including phenoxy) is 1. The first-order valence-corrected chi connectivity index (χ1v) is 5.72. The first kappa shape index (κ1) is 14.7. The van der Waals surface area contributed by atoms with Crippen molar-refractivity contribution in [3.05, 3.63) is 24.0 Å². The fraction of sp³-hybridized carbons (Fsp3) is 0.333. The van der Waals surface area contributed by atoms with Gasteiger partial charge < -0.3 is 20.5 Å². The molecular formula is C12H15FN2O4. The van der Waals surface area contributed by atoms with Gasteiger partial charge in [0.05, 0.1) is 18.7 Å². The van der Waals surface area contributed by atoms with Crippen LogP contribution in [-0.2, 0) is 4.79 Å². The normalized spacial score (nSPS) is 9.79. The van der Waals surface area contributed by atoms with Gasteiger partial charge in [-0.15, -0.1) is 0 Å². The molecule has 0 fully saturated rings. The maximum Gasteiger partial charge on any atom is 0.319 e. The third kappa shape index (κ3) is 5.24. The summed E-state index contributed by atoms with van der Waals surface area (Å²) in [5.74, 6) is -1.26. The van der Waals surface area contributed by atoms with Gasteiger partial charge in [0.25, 0.3) is 0 Å². The fourth-order valence-corrected chi connectivity index (χ4v) is 1.32. The highest BCUT2D eigenvalue weighted by atomic mass is 19.1. The van der Waals surface area contributed by atoms with Gasteiger partial charge in [-0.25, -0.2) is 9.18 Å². The second-order valence-electron chi connectivity index (χ2n) is 3.60. The topological polar surface area (TPSA) is 87.7 Å². The molecule has 0 spiro atoms. The highest BCUT2D eigenvalue weighted by Gasteiger charge is 2.09. The molecule has 104 valence electrons. The summed E-state index contributed by atoms with van der Waals surface area (Å²) in [5.41, 5.74) is 0.316. The molecular weight excluding hydrogens is 255 g/mol. The lowest BCUT2D eigenvalue weighted by Crippen LogP contribution is -2.30. The average molecular weight is 270 g/mol. The molecule has 0 saturated heterocycles. The zero-order chi connectivity index (χ0) is 14.3. The van der Waals surface area contributed by atoms with Crippen molar-refractivity contribution in [2.45, 2.75) is 13.3 Å². The maximum atomic E-state index is 13.0. The number of amides is 2. The van der Waals surface area contributed by atoms with E-state index >= 15 is 0 Å². The minimum absolute atomic E-state index is 0.00628. The van der Waals surface area contributed by atoms with E-state index in [1.54, 1.807) is 6.92 Å². The van der Waals surface area contributed by atoms with Crippen molar-refractivity contribution in [3.8, 4) is 5.75 Å². The summed E-state index contributed by atoms with van der Waals surface area (Å²) in [6.45, 7) is 2.08. The number of urea groups is 1. The standard InChI is InChI=1S/C12H15FN2O4/c1-2-19-10-7-8(13)3-4-9(10)15-12(18)14-6-5-11(16)17/h3-4,7H,2,5-6H2,1H3,(H,16,17)(H2,14,15,18). The SMILES string of the molecule is CCOc1cc(F)ccc1NC(=O)NCCC(=O)O. The van der Waals surface area contributed by atoms with Crippen molar-refractivity contribution < 1.29 is 23.8 Å². The number of rotatable bonds is 6. The molecule has 6 nitrogen and oxygen atoms in total. The van der Waals surface area contributed by atoms with Crippen LogP contribution in [-0.4, -0.2) is 30.3 Å². The first-order valence-electron chi connectivity index (χ1n) is 5.72. The molecule has 0 aromatic heterocycles. The van der Waals surface area contributed by atoms with Crippen molar-refractivity contribution in [1.29, 1.82) is 0 Å². The number of carbonyl (C=O) groups is 2. The van der Waals surface area contributed by atoms with Crippen molar-refractivity contribution in [2.75, 3.05) is 18.5 Å². The van der Waals surface area contributed by atoms with Gasteiger partial charge in [-0.05, 0) is 19.1 Å². The van der Waals surface area contributed by atoms with Crippen molar-refractivity contribution in [1.82, 2.24) is 5.32 Å². The van der Waals surface area contributed by atoms with Gasteiger partial charge in [-0.1, -0.05) is 0 Å². The fourth-order valence-electron chi connectivity index (χ4n) is 1.32. The quantitative estimate of drug-likeness (QED) is 0.735. The number of anilines is 1. The van der Waals surface area contributed by atoms with Crippen LogP contribution >= 0.6 is 0 Å². The number of carboxylic acid groups (broad SMARTS) is 1. The molecule has 19 heavy (non-hydrogen) atoms. The number of carboxylic acids is 1. The van der Waals surface area contributed by atoms with Crippen molar-refractivity contribution in [3.63, 3.8) is 0 Å². The van der Waals surface area contributed by atoms with E-state index in [-0.39, 0.29) is 18.7 Å². The van der Waals surface area contributed by atoms with Crippen LogP contribution in [0.5, 0.6) is 5.75 Å². The predicted molar refractivity (Wildman–Crippen MR) is 66.8 cm³/mol. The van der Waals surface area contributed by atoms with Crippen LogP contribution in [0.15, 0.2) is 18.2 Å². The lowest BCUT2D eigenvalue weighted by Gasteiger charge is -2.12. The Balaban J connectivity index is 2.60. The first-order chi connectivity index (χ1) is 9.02. The zero-order valence-electron chi connectivity index (χ0n) is 10.4. The van der Waals surface area contributed by atoms with Crippen molar-refractivity contribution >= 4 is 17.7 Å². The minimum Gasteiger partial charge on any atom is -0.492 e. The number of carbonyl (C=O) groups excluding carboxylic acids is 1. The number of benzene rings is 1. The second kappa shape index (κ2) is 7.20. The summed E-state index contributed by atoms with van der Waals surface area (Å²) < 4.78 is 18.2. The Hall–Kier alpha value is -2.31. The molecule has 0 bridgehead atoms. The molecule has 0 aliphatic carbocycles. The van der Waals surface area contributed by atoms with Crippen molar-refractivity contribution in [2.24, 2.45) is 0 Å². The number of aliphatic carboxylic acids is 1. The number of hydrogen-bond donors (Lipinski definition) is 3. The van der Waals surface area contributed by atoms with Crippen LogP contribution in [0, 0.1) is 5.82 Å². The molecule has 0 aliphatic rings. The summed E-state index contributed by atoms with van der Waals surface area (Å²) in [4.78, 5) is 21.8. The zero-order valence-corrected chi connectivity index (χ0v) is 10.4. The lowest BCUT2D eigenvalue weighted by molar-refractivity contribution is -0.136. The smallest absolute Gasteiger partial charge is 0.319 e. The maximum absolute atomic E-state index is 13.0. The summed E-state index contributed by atoms with van der Waals surface area (Å²) in [7, 11) is 0. The van der Waals surface area contributed by atoms with Gasteiger partial charge in [0, 0.05) is 12.6 Å². The molecule has 3 N–H and O–H groups in total. The molecule has 0 atom stereocenters. The Morgan fingerprint density at radius 3 is 2.79 bits per heavy atom. The van der Waals surface area contributed by atoms with E-state index in [0.717, 1.165) is 6.07 Å². The van der Waals surface area contributed by atoms with Gasteiger partial charge in [0.1, 0.15) is 11.6 Å². The molecule has 0 unspecified atom stereocenters. The van der Waals surface area contributed by atoms with Crippen LogP contribution in [0.25, 0.3) is 0 Å². The molecule has 7 heteroatoms. The van der Waals surface area contributed by atoms with Gasteiger partial charge >= 0.3 is 12.0 Å². The third-order valence-corrected chi connectivity index (χ3v) is 2.12. The van der Waals surface area contributed by atoms with E-state index in [2.05, 4.69) is 10.6 Å². The van der Waals surface area contributed by atoms with Gasteiger partial charge in [-0.3, -0.25) is 4.79 Å². The molecule has 0 saturated carbocycles. The average Bonchev–Trinajstić information content (AvgIpc) is 2.32. The molecule has 1 aromatic rings. The summed E-state index contributed by atoms with van der Waals surface area (Å²) in [6.07, 6.45) is -0.171. The molecule has 0 radical (unpaired) electrons. The predicted octanol–water partition coefficient (Wildman–Crippen LogP) is 1.82. The van der Waals surface area contributed by atoms with E-state index in [9.17, 15) is 14.0 Å². The Morgan fingerprint density at radius 2 is 2.16 bits per heavy atom. The Bertz CT molecular complexity index is 465. The van der Waals surface area contributed by atoms with Crippen LogP contribution < -0.4 is 15.4 Å². The highest BCUT2D eigenvalue weighted by molar-refractivity contribution is 5.91. The van der Waals surface area contributed by atoms with E-state index < -0.39 is 17.8 Å². The second-order valence-corrected chi connectivity index (χ2v) is 3.60. The minimum atomic E-state index is -1.00. The van der Waals surface area contributed by atoms with Crippen LogP contribution in [0.4, 0.5) is 14.9 Å². The largest absolute Gasteiger partial charge is 0.492 e. The Labute approximate surface area is 109 Å². The number of nitrogens with one attached hydrogen (secondary N) is 2. The molecule has 1 aromatic carbocycles. The number of hydrogen-bond acceptors (Lipinski definition) is 3. The molecule has 1 rings (SSSR count). The molecule has 0 aliphatic heterocycles. The van der Waals surface area contributed by atoms with E-state index in [1.165, 1.54) is 12.1 Å². The van der Waals surface area contributed by atoms with E-state index in [1.807, 2.05) is 0 Å². The summed E-state index contributed by atoms with van der Waals surface area (Å²) >= 11 is 0. The van der Waals surface area contributed by atoms with E-state index in [0.29, 0.717) is 12.3 Å². The van der Waals surface area contributed by atoms with E-state index in [4.69, 9.17) is 9.84 Å². The van der Waals surface area contributed by atoms with Crippen LogP contribution in [0.1, 0.15) is 13.3 Å². The Morgan fingerprint density at radius 1 is 1.42 bits per heavy atom. The van der Waals surface area contributed by atoms with Gasteiger partial charge in [-0.2, -0.15) is 0 Å². The molecule has 0 heterocycles. The summed E-state index contributed by atoms with van der Waals surface area (Å²) in [6, 6.07) is 3.15. The lowest BCUT2D eigenvalue weighted by atomic mass is 10.3. The highest BCUT2D eigenvalue weighted by Crippen LogP contribution is 2.25. The van der Waals surface area contributed by atoms with Gasteiger partial charge in [0.15, 0.2) is 0 Å². The monoisotopic (exact) mass is 270 g/mol. The Kier molecular flexibility index (Phi) is 5.59. The number of halogens is 1. The van der Waals surface area contributed by atoms with Crippen LogP contribution in [0.2, 0.25) is 0 Å².